The summed E-state index contributed by atoms with van der Waals surface area (Å²) in [5.41, 5.74) is 0.713. The second kappa shape index (κ2) is 4.72. The second-order valence-corrected chi connectivity index (χ2v) is 2.90. The third kappa shape index (κ3) is 2.12. The predicted molar refractivity (Wildman–Crippen MR) is 50.5 cm³/mol. The Morgan fingerprint density at radius 2 is 2.54 bits per heavy atom. The molecule has 0 spiro atoms. The highest BCUT2D eigenvalue weighted by atomic mass is 79.9. The SMILES string of the molecule is N#CCCn1cnc(N=O)c1CBr. The smallest absolute Gasteiger partial charge is 0.218 e. The predicted octanol–water partition coefficient (Wildman–Crippen LogP) is 2.09. The van der Waals surface area contributed by atoms with E-state index in [1.54, 1.807) is 4.57 Å². The number of rotatable bonds is 4. The number of aryl methyl sites for hydroxylation is 1. The van der Waals surface area contributed by atoms with Crippen molar-refractivity contribution < 1.29 is 0 Å². The van der Waals surface area contributed by atoms with E-state index in [9.17, 15) is 4.91 Å². The van der Waals surface area contributed by atoms with Gasteiger partial charge >= 0.3 is 0 Å². The van der Waals surface area contributed by atoms with Crippen LogP contribution < -0.4 is 0 Å². The number of halogens is 1. The van der Waals surface area contributed by atoms with Crippen molar-refractivity contribution in [2.75, 3.05) is 0 Å². The summed E-state index contributed by atoms with van der Waals surface area (Å²) in [7, 11) is 0. The molecule has 68 valence electrons. The first-order valence-corrected chi connectivity index (χ1v) is 4.76. The molecule has 0 radical (unpaired) electrons. The summed E-state index contributed by atoms with van der Waals surface area (Å²) in [5, 5.41) is 11.7. The number of hydrogen-bond donors (Lipinski definition) is 0. The average Bonchev–Trinajstić information content (AvgIpc) is 2.56. The molecule has 1 rings (SSSR count). The normalized spacial score (nSPS) is 9.54. The van der Waals surface area contributed by atoms with E-state index in [1.165, 1.54) is 6.33 Å². The number of nitrogens with zero attached hydrogens (tertiary/aromatic N) is 4. The van der Waals surface area contributed by atoms with Crippen molar-refractivity contribution >= 4 is 21.7 Å². The first-order chi connectivity index (χ1) is 6.33. The van der Waals surface area contributed by atoms with Gasteiger partial charge in [-0.15, -0.1) is 4.91 Å². The summed E-state index contributed by atoms with van der Waals surface area (Å²) in [6.07, 6.45) is 1.92. The third-order valence-corrected chi connectivity index (χ3v) is 2.13. The maximum atomic E-state index is 10.3. The number of alkyl halides is 1. The van der Waals surface area contributed by atoms with Gasteiger partial charge in [-0.25, -0.2) is 4.98 Å². The molecule has 0 saturated carbocycles. The molecular formula is C7H7BrN4O. The molecule has 0 saturated heterocycles. The monoisotopic (exact) mass is 242 g/mol. The van der Waals surface area contributed by atoms with Crippen LogP contribution in [-0.2, 0) is 11.9 Å². The standard InChI is InChI=1S/C7H7BrN4O/c8-4-6-7(11-13)10-5-12(6)3-1-2-9/h5H,1,3-4H2. The van der Waals surface area contributed by atoms with E-state index in [2.05, 4.69) is 26.1 Å². The molecule has 0 amide bonds. The molecule has 6 heteroatoms. The van der Waals surface area contributed by atoms with Crippen LogP contribution in [0.1, 0.15) is 12.1 Å². The molecule has 0 aliphatic carbocycles. The van der Waals surface area contributed by atoms with Crippen LogP contribution in [0.2, 0.25) is 0 Å². The Morgan fingerprint density at radius 3 is 3.08 bits per heavy atom. The van der Waals surface area contributed by atoms with E-state index in [1.807, 2.05) is 6.07 Å². The number of imidazole rings is 1. The quantitative estimate of drug-likeness (QED) is 0.600. The van der Waals surface area contributed by atoms with Crippen LogP contribution in [0.25, 0.3) is 0 Å². The molecule has 13 heavy (non-hydrogen) atoms. The number of aromatic nitrogens is 2. The Hall–Kier alpha value is -1.22. The van der Waals surface area contributed by atoms with Crippen LogP contribution in [0, 0.1) is 16.2 Å². The summed E-state index contributed by atoms with van der Waals surface area (Å²) in [6.45, 7) is 0.542. The number of nitriles is 1. The van der Waals surface area contributed by atoms with Crippen molar-refractivity contribution in [1.82, 2.24) is 9.55 Å². The van der Waals surface area contributed by atoms with Gasteiger partial charge < -0.3 is 4.57 Å². The van der Waals surface area contributed by atoms with Crippen LogP contribution in [0.5, 0.6) is 0 Å². The highest BCUT2D eigenvalue weighted by Gasteiger charge is 2.09. The van der Waals surface area contributed by atoms with E-state index < -0.39 is 0 Å². The first-order valence-electron chi connectivity index (χ1n) is 3.63. The van der Waals surface area contributed by atoms with Gasteiger partial charge in [-0.2, -0.15) is 5.26 Å². The topological polar surface area (TPSA) is 71.0 Å². The molecule has 1 heterocycles. The van der Waals surface area contributed by atoms with Gasteiger partial charge in [0.25, 0.3) is 0 Å². The van der Waals surface area contributed by atoms with Crippen LogP contribution in [0.4, 0.5) is 5.82 Å². The van der Waals surface area contributed by atoms with E-state index in [-0.39, 0.29) is 5.82 Å². The summed E-state index contributed by atoms with van der Waals surface area (Å²) in [4.78, 5) is 14.1. The fourth-order valence-corrected chi connectivity index (χ4v) is 1.55. The lowest BCUT2D eigenvalue weighted by Crippen LogP contribution is -1.99. The summed E-state index contributed by atoms with van der Waals surface area (Å²) >= 11 is 3.23. The summed E-state index contributed by atoms with van der Waals surface area (Å²) < 4.78 is 1.74. The fourth-order valence-electron chi connectivity index (χ4n) is 0.973. The molecule has 0 unspecified atom stereocenters. The van der Waals surface area contributed by atoms with Crippen molar-refractivity contribution in [1.29, 1.82) is 5.26 Å². The van der Waals surface area contributed by atoms with Gasteiger partial charge in [0.2, 0.25) is 5.82 Å². The van der Waals surface area contributed by atoms with E-state index in [0.29, 0.717) is 24.0 Å². The zero-order chi connectivity index (χ0) is 9.68. The fraction of sp³-hybridized carbons (Fsp3) is 0.429. The molecule has 0 aliphatic rings. The second-order valence-electron chi connectivity index (χ2n) is 2.34. The van der Waals surface area contributed by atoms with E-state index in [4.69, 9.17) is 5.26 Å². The van der Waals surface area contributed by atoms with E-state index in [0.717, 1.165) is 0 Å². The van der Waals surface area contributed by atoms with Gasteiger partial charge in [0, 0.05) is 11.9 Å². The zero-order valence-corrected chi connectivity index (χ0v) is 8.36. The highest BCUT2D eigenvalue weighted by Crippen LogP contribution is 2.19. The van der Waals surface area contributed by atoms with Crippen molar-refractivity contribution in [3.8, 4) is 6.07 Å². The van der Waals surface area contributed by atoms with E-state index >= 15 is 0 Å². The van der Waals surface area contributed by atoms with Gasteiger partial charge in [-0.3, -0.25) is 0 Å². The molecule has 1 aromatic heterocycles. The van der Waals surface area contributed by atoms with Crippen molar-refractivity contribution in [3.05, 3.63) is 16.9 Å². The molecule has 0 aliphatic heterocycles. The minimum Gasteiger partial charge on any atom is -0.331 e. The lowest BCUT2D eigenvalue weighted by atomic mass is 10.4. The zero-order valence-electron chi connectivity index (χ0n) is 6.77. The summed E-state index contributed by atoms with van der Waals surface area (Å²) in [6, 6.07) is 2.02. The maximum absolute atomic E-state index is 10.3. The Bertz CT molecular complexity index is 341. The van der Waals surface area contributed by atoms with Crippen LogP contribution in [0.15, 0.2) is 11.5 Å². The highest BCUT2D eigenvalue weighted by molar-refractivity contribution is 9.08. The molecule has 0 N–H and O–H groups in total. The molecule has 0 aromatic carbocycles. The molecule has 0 atom stereocenters. The third-order valence-electron chi connectivity index (χ3n) is 1.60. The molecule has 0 bridgehead atoms. The van der Waals surface area contributed by atoms with Crippen LogP contribution in [0.3, 0.4) is 0 Å². The van der Waals surface area contributed by atoms with Gasteiger partial charge in [0.1, 0.15) is 0 Å². The molecule has 0 fully saturated rings. The lowest BCUT2D eigenvalue weighted by molar-refractivity contribution is 0.693. The Balaban J connectivity index is 2.88. The molecule has 5 nitrogen and oxygen atoms in total. The van der Waals surface area contributed by atoms with Gasteiger partial charge in [0.05, 0.1) is 24.5 Å². The van der Waals surface area contributed by atoms with Gasteiger partial charge in [0.15, 0.2) is 0 Å². The summed E-state index contributed by atoms with van der Waals surface area (Å²) in [5.74, 6) is 0.190. The molecule has 1 aromatic rings. The first kappa shape index (κ1) is 9.86. The van der Waals surface area contributed by atoms with Gasteiger partial charge in [-0.05, 0) is 5.18 Å². The average molecular weight is 243 g/mol. The van der Waals surface area contributed by atoms with Crippen molar-refractivity contribution in [2.45, 2.75) is 18.3 Å². The van der Waals surface area contributed by atoms with Crippen LogP contribution >= 0.6 is 15.9 Å². The number of hydrogen-bond acceptors (Lipinski definition) is 4. The number of nitroso groups, excluding NO2 is 1. The van der Waals surface area contributed by atoms with Crippen molar-refractivity contribution in [3.63, 3.8) is 0 Å². The lowest BCUT2D eigenvalue weighted by Gasteiger charge is -2.01. The Kier molecular flexibility index (Phi) is 3.58. The van der Waals surface area contributed by atoms with Crippen molar-refractivity contribution in [2.24, 2.45) is 5.18 Å². The Morgan fingerprint density at radius 1 is 1.77 bits per heavy atom. The van der Waals surface area contributed by atoms with Gasteiger partial charge in [-0.1, -0.05) is 15.9 Å². The molecular weight excluding hydrogens is 236 g/mol. The van der Waals surface area contributed by atoms with Crippen LogP contribution in [-0.4, -0.2) is 9.55 Å². The largest absolute Gasteiger partial charge is 0.331 e. The maximum Gasteiger partial charge on any atom is 0.218 e. The minimum atomic E-state index is 0.190. The minimum absolute atomic E-state index is 0.190. The Labute approximate surface area is 83.5 Å².